The Morgan fingerprint density at radius 2 is 1.97 bits per heavy atom. The average Bonchev–Trinajstić information content (AvgIpc) is 3.50. The van der Waals surface area contributed by atoms with Crippen LogP contribution in [0.15, 0.2) is 23.0 Å². The summed E-state index contributed by atoms with van der Waals surface area (Å²) in [5.74, 6) is -1.09. The van der Waals surface area contributed by atoms with Crippen molar-refractivity contribution in [3.8, 4) is 0 Å². The first-order valence-corrected chi connectivity index (χ1v) is 10.9. The van der Waals surface area contributed by atoms with Crippen LogP contribution in [0.4, 0.5) is 0 Å². The number of carbonyl (C=O) groups excluding carboxylic acids is 3. The van der Waals surface area contributed by atoms with E-state index in [4.69, 9.17) is 22.1 Å². The maximum absolute atomic E-state index is 13.8. The van der Waals surface area contributed by atoms with E-state index in [0.29, 0.717) is 11.0 Å². The second kappa shape index (κ2) is 7.49. The Morgan fingerprint density at radius 1 is 1.23 bits per heavy atom. The first-order chi connectivity index (χ1) is 14.9. The molecule has 3 N–H and O–H groups in total. The molecule has 5 rings (SSSR count). The second-order valence-electron chi connectivity index (χ2n) is 8.58. The Kier molecular flexibility index (Phi) is 4.90. The van der Waals surface area contributed by atoms with E-state index in [2.05, 4.69) is 4.98 Å². The number of halogens is 1. The smallest absolute Gasteiger partial charge is 0.327 e. The molecule has 1 aromatic heterocycles. The molecule has 2 aromatic rings. The maximum Gasteiger partial charge on any atom is 0.327 e. The van der Waals surface area contributed by atoms with Gasteiger partial charge in [-0.3, -0.25) is 19.0 Å². The number of aromatic amines is 1. The molecule has 10 heteroatoms. The molecule has 1 saturated carbocycles. The summed E-state index contributed by atoms with van der Waals surface area (Å²) in [6.45, 7) is 0.146. The van der Waals surface area contributed by atoms with E-state index in [9.17, 15) is 19.2 Å². The number of hydrogen-bond donors (Lipinski definition) is 2. The number of likely N-dealkylation sites (tertiary alicyclic amines) is 1. The predicted molar refractivity (Wildman–Crippen MR) is 112 cm³/mol. The van der Waals surface area contributed by atoms with Gasteiger partial charge in [0, 0.05) is 12.1 Å². The number of alkyl halides is 1. The molecule has 2 amide bonds. The van der Waals surface area contributed by atoms with Crippen molar-refractivity contribution in [1.29, 1.82) is 0 Å². The highest BCUT2D eigenvalue weighted by molar-refractivity contribution is 6.22. The first kappa shape index (κ1) is 20.3. The molecule has 2 saturated heterocycles. The summed E-state index contributed by atoms with van der Waals surface area (Å²) in [4.78, 5) is 55.1. The SMILES string of the molecule is NC(=O)c1ccc2c(c1)[nH]c(=O)n2[C@H](C(=O)N1C[C@H](Cl)[C@H]2OCC(=O)[C@H]21)C1CCCC1. The highest BCUT2D eigenvalue weighted by atomic mass is 35.5. The van der Waals surface area contributed by atoms with Crippen LogP contribution in [0.3, 0.4) is 0 Å². The Morgan fingerprint density at radius 3 is 2.68 bits per heavy atom. The molecule has 3 aliphatic rings. The van der Waals surface area contributed by atoms with Crippen molar-refractivity contribution in [1.82, 2.24) is 14.5 Å². The van der Waals surface area contributed by atoms with E-state index in [1.54, 1.807) is 12.1 Å². The number of carbonyl (C=O) groups is 3. The highest BCUT2D eigenvalue weighted by Crippen LogP contribution is 2.39. The Hall–Kier alpha value is -2.65. The lowest BCUT2D eigenvalue weighted by atomic mass is 9.95. The van der Waals surface area contributed by atoms with E-state index < -0.39 is 35.2 Å². The standard InChI is InChI=1S/C21H23ClN4O5/c22-12-8-25(17-15(27)9-31-18(12)17)20(29)16(10-3-1-2-4-10)26-14-6-5-11(19(23)28)7-13(14)24-21(26)30/h5-7,10,12,16-18H,1-4,8-9H2,(H2,23,28)(H,24,30)/t12-,16-,17+,18+/m0/s1. The lowest BCUT2D eigenvalue weighted by molar-refractivity contribution is -0.140. The third-order valence-corrected chi connectivity index (χ3v) is 7.17. The number of rotatable bonds is 4. The molecule has 4 atom stereocenters. The summed E-state index contributed by atoms with van der Waals surface area (Å²) in [5.41, 5.74) is 6.15. The van der Waals surface area contributed by atoms with Crippen LogP contribution < -0.4 is 11.4 Å². The summed E-state index contributed by atoms with van der Waals surface area (Å²) in [6, 6.07) is 3.21. The van der Waals surface area contributed by atoms with Gasteiger partial charge in [0.2, 0.25) is 11.8 Å². The van der Waals surface area contributed by atoms with E-state index in [1.807, 2.05) is 0 Å². The maximum atomic E-state index is 13.8. The number of nitrogens with one attached hydrogen (secondary N) is 1. The van der Waals surface area contributed by atoms with Crippen LogP contribution >= 0.6 is 11.6 Å². The number of ketones is 1. The molecule has 1 aliphatic carbocycles. The van der Waals surface area contributed by atoms with Gasteiger partial charge in [-0.15, -0.1) is 11.6 Å². The molecule has 9 nitrogen and oxygen atoms in total. The molecule has 164 valence electrons. The largest absolute Gasteiger partial charge is 0.366 e. The lowest BCUT2D eigenvalue weighted by Crippen LogP contribution is -2.48. The molecule has 0 radical (unpaired) electrons. The van der Waals surface area contributed by atoms with Gasteiger partial charge in [0.05, 0.1) is 16.4 Å². The van der Waals surface area contributed by atoms with Crippen molar-refractivity contribution in [3.63, 3.8) is 0 Å². The van der Waals surface area contributed by atoms with Gasteiger partial charge >= 0.3 is 5.69 Å². The quantitative estimate of drug-likeness (QED) is 0.676. The number of nitrogens with two attached hydrogens (primary N) is 1. The molecule has 3 fully saturated rings. The molecule has 0 spiro atoms. The topological polar surface area (TPSA) is 127 Å². The molecule has 3 heterocycles. The Balaban J connectivity index is 1.60. The molecular formula is C21H23ClN4O5. The van der Waals surface area contributed by atoms with Crippen LogP contribution in [0, 0.1) is 5.92 Å². The molecule has 31 heavy (non-hydrogen) atoms. The van der Waals surface area contributed by atoms with Gasteiger partial charge in [0.15, 0.2) is 5.78 Å². The molecular weight excluding hydrogens is 424 g/mol. The number of nitrogens with zero attached hydrogens (tertiary/aromatic N) is 2. The number of fused-ring (bicyclic) bond motifs is 2. The first-order valence-electron chi connectivity index (χ1n) is 10.5. The van der Waals surface area contributed by atoms with Gasteiger partial charge in [-0.2, -0.15) is 0 Å². The minimum atomic E-state index is -0.765. The number of primary amides is 1. The molecule has 0 unspecified atom stereocenters. The summed E-state index contributed by atoms with van der Waals surface area (Å²) in [5, 5.41) is -0.470. The number of benzene rings is 1. The number of hydrogen-bond acceptors (Lipinski definition) is 5. The van der Waals surface area contributed by atoms with Crippen molar-refractivity contribution in [2.75, 3.05) is 13.2 Å². The van der Waals surface area contributed by atoms with Crippen molar-refractivity contribution < 1.29 is 19.1 Å². The predicted octanol–water partition coefficient (Wildman–Crippen LogP) is 0.946. The lowest BCUT2D eigenvalue weighted by Gasteiger charge is -2.30. The third kappa shape index (κ3) is 3.18. The summed E-state index contributed by atoms with van der Waals surface area (Å²) >= 11 is 6.39. The van der Waals surface area contributed by atoms with Gasteiger partial charge in [-0.05, 0) is 37.0 Å². The van der Waals surface area contributed by atoms with E-state index >= 15 is 0 Å². The van der Waals surface area contributed by atoms with Crippen LogP contribution in [0.2, 0.25) is 0 Å². The van der Waals surface area contributed by atoms with Crippen LogP contribution in [-0.2, 0) is 14.3 Å². The number of imidazole rings is 1. The minimum absolute atomic E-state index is 0.0368. The zero-order chi connectivity index (χ0) is 21.9. The summed E-state index contributed by atoms with van der Waals surface area (Å²) in [6.07, 6.45) is 3.06. The van der Waals surface area contributed by atoms with Gasteiger partial charge in [-0.1, -0.05) is 12.8 Å². The normalized spacial score (nSPS) is 27.2. The van der Waals surface area contributed by atoms with Gasteiger partial charge in [0.1, 0.15) is 24.8 Å². The summed E-state index contributed by atoms with van der Waals surface area (Å²) in [7, 11) is 0. The average molecular weight is 447 g/mol. The number of ether oxygens (including phenoxy) is 1. The fourth-order valence-electron chi connectivity index (χ4n) is 5.35. The monoisotopic (exact) mass is 446 g/mol. The van der Waals surface area contributed by atoms with E-state index in [1.165, 1.54) is 15.5 Å². The molecule has 1 aromatic carbocycles. The molecule has 0 bridgehead atoms. The van der Waals surface area contributed by atoms with E-state index in [-0.39, 0.29) is 36.3 Å². The van der Waals surface area contributed by atoms with Crippen molar-refractivity contribution in [2.24, 2.45) is 11.7 Å². The van der Waals surface area contributed by atoms with Gasteiger partial charge in [-0.25, -0.2) is 4.79 Å². The minimum Gasteiger partial charge on any atom is -0.366 e. The number of amides is 2. The zero-order valence-electron chi connectivity index (χ0n) is 16.8. The van der Waals surface area contributed by atoms with Crippen molar-refractivity contribution in [3.05, 3.63) is 34.2 Å². The van der Waals surface area contributed by atoms with Gasteiger partial charge in [0.25, 0.3) is 0 Å². The van der Waals surface area contributed by atoms with Gasteiger partial charge < -0.3 is 20.4 Å². The molecule has 2 aliphatic heterocycles. The number of Topliss-reactive ketones (excluding diaryl/α,β-unsaturated/α-hetero) is 1. The summed E-state index contributed by atoms with van der Waals surface area (Å²) < 4.78 is 6.98. The van der Waals surface area contributed by atoms with Crippen LogP contribution in [0.25, 0.3) is 11.0 Å². The van der Waals surface area contributed by atoms with Crippen LogP contribution in [-0.4, -0.2) is 62.7 Å². The number of aromatic nitrogens is 2. The third-order valence-electron chi connectivity index (χ3n) is 6.78. The fourth-order valence-corrected chi connectivity index (χ4v) is 5.71. The van der Waals surface area contributed by atoms with Crippen LogP contribution in [0.5, 0.6) is 0 Å². The Bertz CT molecular complexity index is 1130. The fraction of sp³-hybridized carbons (Fsp3) is 0.524. The zero-order valence-corrected chi connectivity index (χ0v) is 17.5. The highest BCUT2D eigenvalue weighted by Gasteiger charge is 2.53. The van der Waals surface area contributed by atoms with E-state index in [0.717, 1.165) is 25.7 Å². The number of H-pyrrole nitrogens is 1. The van der Waals surface area contributed by atoms with Crippen molar-refractivity contribution >= 4 is 40.2 Å². The van der Waals surface area contributed by atoms with Crippen molar-refractivity contribution in [2.45, 2.75) is 49.2 Å². The van der Waals surface area contributed by atoms with Crippen LogP contribution in [0.1, 0.15) is 42.1 Å². The Labute approximate surface area is 182 Å². The second-order valence-corrected chi connectivity index (χ2v) is 9.14.